The number of nitrogens with zero attached hydrogens (tertiary/aromatic N) is 1. The molecule has 0 saturated heterocycles. The lowest BCUT2D eigenvalue weighted by Gasteiger charge is -2.32. The molecule has 2 bridgehead atoms. The van der Waals surface area contributed by atoms with E-state index < -0.39 is 0 Å². The minimum Gasteiger partial charge on any atom is -0.297 e. The normalized spacial score (nSPS) is 41.9. The fourth-order valence-corrected chi connectivity index (χ4v) is 3.48. The molecular formula is C12H18N2O. The Kier molecular flexibility index (Phi) is 2.16. The van der Waals surface area contributed by atoms with Crippen molar-refractivity contribution in [3.8, 4) is 6.07 Å². The standard InChI is InChI=1S/C12H18N2O/c1-11(2)8-4-5-12(11,3)10(15)9(8)14-7-6-13/h8-9,14H,4-5,7H2,1-3H3. The second-order valence-corrected chi connectivity index (χ2v) is 5.58. The SMILES string of the molecule is CC12CCC(C(NCC#N)C1=O)C2(C)C. The van der Waals surface area contributed by atoms with Gasteiger partial charge in [-0.2, -0.15) is 5.26 Å². The third kappa shape index (κ3) is 1.12. The maximum absolute atomic E-state index is 12.2. The van der Waals surface area contributed by atoms with Gasteiger partial charge >= 0.3 is 0 Å². The molecule has 0 aromatic carbocycles. The Hall–Kier alpha value is -0.880. The van der Waals surface area contributed by atoms with Gasteiger partial charge in [-0.05, 0) is 24.2 Å². The number of fused-ring (bicyclic) bond motifs is 2. The summed E-state index contributed by atoms with van der Waals surface area (Å²) in [6.07, 6.45) is 2.12. The zero-order chi connectivity index (χ0) is 11.3. The number of ketones is 1. The summed E-state index contributed by atoms with van der Waals surface area (Å²) in [5, 5.41) is 11.6. The molecule has 2 saturated carbocycles. The molecule has 1 N–H and O–H groups in total. The molecule has 2 aliphatic rings. The van der Waals surface area contributed by atoms with E-state index in [1.165, 1.54) is 0 Å². The highest BCUT2D eigenvalue weighted by molar-refractivity contribution is 5.94. The van der Waals surface area contributed by atoms with Crippen LogP contribution in [0.2, 0.25) is 0 Å². The molecule has 0 aromatic rings. The molecule has 15 heavy (non-hydrogen) atoms. The summed E-state index contributed by atoms with van der Waals surface area (Å²) in [6.45, 7) is 6.75. The zero-order valence-electron chi connectivity index (χ0n) is 9.63. The topological polar surface area (TPSA) is 52.9 Å². The molecule has 3 nitrogen and oxygen atoms in total. The van der Waals surface area contributed by atoms with Crippen molar-refractivity contribution in [2.45, 2.75) is 39.7 Å². The molecule has 0 aliphatic heterocycles. The van der Waals surface area contributed by atoms with Gasteiger partial charge in [-0.25, -0.2) is 0 Å². The Morgan fingerprint density at radius 3 is 2.67 bits per heavy atom. The number of carbonyl (C=O) groups is 1. The second kappa shape index (κ2) is 3.05. The highest BCUT2D eigenvalue weighted by Crippen LogP contribution is 2.63. The molecule has 82 valence electrons. The first kappa shape index (κ1) is 10.6. The first-order valence-electron chi connectivity index (χ1n) is 5.60. The maximum Gasteiger partial charge on any atom is 0.156 e. The van der Waals surface area contributed by atoms with Crippen LogP contribution in [0.1, 0.15) is 33.6 Å². The van der Waals surface area contributed by atoms with E-state index in [9.17, 15) is 4.79 Å². The third-order valence-electron chi connectivity index (χ3n) is 4.93. The van der Waals surface area contributed by atoms with Gasteiger partial charge in [0, 0.05) is 5.41 Å². The van der Waals surface area contributed by atoms with Gasteiger partial charge in [0.05, 0.1) is 18.7 Å². The van der Waals surface area contributed by atoms with Crippen LogP contribution in [-0.4, -0.2) is 18.4 Å². The molecule has 2 fully saturated rings. The van der Waals surface area contributed by atoms with Crippen molar-refractivity contribution < 1.29 is 4.79 Å². The van der Waals surface area contributed by atoms with Crippen molar-refractivity contribution in [2.24, 2.45) is 16.7 Å². The van der Waals surface area contributed by atoms with Crippen LogP contribution in [-0.2, 0) is 4.79 Å². The van der Waals surface area contributed by atoms with Crippen LogP contribution in [0.4, 0.5) is 0 Å². The van der Waals surface area contributed by atoms with Gasteiger partial charge in [0.1, 0.15) is 0 Å². The van der Waals surface area contributed by atoms with Crippen LogP contribution in [0.15, 0.2) is 0 Å². The molecule has 0 spiro atoms. The van der Waals surface area contributed by atoms with E-state index in [0.717, 1.165) is 12.8 Å². The number of hydrogen-bond acceptors (Lipinski definition) is 3. The minimum absolute atomic E-state index is 0.0806. The molecule has 3 unspecified atom stereocenters. The van der Waals surface area contributed by atoms with Crippen molar-refractivity contribution in [1.29, 1.82) is 5.26 Å². The van der Waals surface area contributed by atoms with Gasteiger partial charge < -0.3 is 0 Å². The van der Waals surface area contributed by atoms with Gasteiger partial charge in [0.2, 0.25) is 0 Å². The first-order chi connectivity index (χ1) is 6.95. The van der Waals surface area contributed by atoms with Gasteiger partial charge in [0.25, 0.3) is 0 Å². The monoisotopic (exact) mass is 206 g/mol. The smallest absolute Gasteiger partial charge is 0.156 e. The van der Waals surface area contributed by atoms with Crippen molar-refractivity contribution in [2.75, 3.05) is 6.54 Å². The third-order valence-corrected chi connectivity index (χ3v) is 4.93. The van der Waals surface area contributed by atoms with Crippen molar-refractivity contribution in [3.05, 3.63) is 0 Å². The molecular weight excluding hydrogens is 188 g/mol. The zero-order valence-corrected chi connectivity index (χ0v) is 9.63. The summed E-state index contributed by atoms with van der Waals surface area (Å²) in [6, 6.07) is 1.97. The highest BCUT2D eigenvalue weighted by atomic mass is 16.1. The van der Waals surface area contributed by atoms with E-state index in [1.54, 1.807) is 0 Å². The number of Topliss-reactive ketones (excluding diaryl/α,β-unsaturated/α-hetero) is 1. The number of carbonyl (C=O) groups excluding carboxylic acids is 1. The number of rotatable bonds is 2. The lowest BCUT2D eigenvalue weighted by molar-refractivity contribution is -0.129. The van der Waals surface area contributed by atoms with Crippen molar-refractivity contribution in [3.63, 3.8) is 0 Å². The van der Waals surface area contributed by atoms with E-state index in [0.29, 0.717) is 11.7 Å². The predicted molar refractivity (Wildman–Crippen MR) is 57.0 cm³/mol. The van der Waals surface area contributed by atoms with E-state index >= 15 is 0 Å². The van der Waals surface area contributed by atoms with Crippen LogP contribution in [0.5, 0.6) is 0 Å². The number of nitrogens with one attached hydrogen (secondary N) is 1. The van der Waals surface area contributed by atoms with Crippen molar-refractivity contribution >= 4 is 5.78 Å². The summed E-state index contributed by atoms with van der Waals surface area (Å²) < 4.78 is 0. The van der Waals surface area contributed by atoms with E-state index in [4.69, 9.17) is 5.26 Å². The van der Waals surface area contributed by atoms with Crippen molar-refractivity contribution in [1.82, 2.24) is 5.32 Å². The summed E-state index contributed by atoms with van der Waals surface area (Å²) in [7, 11) is 0. The van der Waals surface area contributed by atoms with E-state index in [-0.39, 0.29) is 23.4 Å². The molecule has 2 aliphatic carbocycles. The van der Waals surface area contributed by atoms with Gasteiger partial charge in [0.15, 0.2) is 5.78 Å². The predicted octanol–water partition coefficient (Wildman–Crippen LogP) is 1.49. The van der Waals surface area contributed by atoms with E-state index in [2.05, 4.69) is 32.2 Å². The average molecular weight is 206 g/mol. The van der Waals surface area contributed by atoms with Gasteiger partial charge in [-0.1, -0.05) is 20.8 Å². The number of hydrogen-bond donors (Lipinski definition) is 1. The average Bonchev–Trinajstić information content (AvgIpc) is 2.48. The largest absolute Gasteiger partial charge is 0.297 e. The molecule has 3 atom stereocenters. The fourth-order valence-electron chi connectivity index (χ4n) is 3.48. The molecule has 0 amide bonds. The molecule has 0 aromatic heterocycles. The Labute approximate surface area is 90.8 Å². The van der Waals surface area contributed by atoms with Crippen LogP contribution >= 0.6 is 0 Å². The molecule has 0 radical (unpaired) electrons. The second-order valence-electron chi connectivity index (χ2n) is 5.58. The molecule has 0 heterocycles. The lowest BCUT2D eigenvalue weighted by atomic mass is 9.70. The quantitative estimate of drug-likeness (QED) is 0.696. The lowest BCUT2D eigenvalue weighted by Crippen LogP contribution is -2.43. The Morgan fingerprint density at radius 1 is 1.53 bits per heavy atom. The van der Waals surface area contributed by atoms with Crippen LogP contribution in [0.25, 0.3) is 0 Å². The summed E-state index contributed by atoms with van der Waals surface area (Å²) in [4.78, 5) is 12.2. The van der Waals surface area contributed by atoms with Crippen LogP contribution in [0.3, 0.4) is 0 Å². The number of nitriles is 1. The molecule has 2 rings (SSSR count). The van der Waals surface area contributed by atoms with E-state index in [1.807, 2.05) is 0 Å². The Morgan fingerprint density at radius 2 is 2.20 bits per heavy atom. The Balaban J connectivity index is 2.27. The molecule has 3 heteroatoms. The summed E-state index contributed by atoms with van der Waals surface area (Å²) in [5.74, 6) is 0.724. The van der Waals surface area contributed by atoms with Crippen LogP contribution in [0, 0.1) is 28.1 Å². The summed E-state index contributed by atoms with van der Waals surface area (Å²) >= 11 is 0. The minimum atomic E-state index is -0.176. The first-order valence-corrected chi connectivity index (χ1v) is 5.60. The Bertz CT molecular complexity index is 342. The fraction of sp³-hybridized carbons (Fsp3) is 0.833. The van der Waals surface area contributed by atoms with Crippen LogP contribution < -0.4 is 5.32 Å². The highest BCUT2D eigenvalue weighted by Gasteiger charge is 2.65. The van der Waals surface area contributed by atoms with Gasteiger partial charge in [-0.3, -0.25) is 10.1 Å². The maximum atomic E-state index is 12.2. The van der Waals surface area contributed by atoms with Gasteiger partial charge in [-0.15, -0.1) is 0 Å². The summed E-state index contributed by atoms with van der Waals surface area (Å²) in [5.41, 5.74) is -0.0952.